The highest BCUT2D eigenvalue weighted by molar-refractivity contribution is 7.93. The summed E-state index contributed by atoms with van der Waals surface area (Å²) in [5.74, 6) is -0.103. The number of rotatable bonds is 7. The first-order valence-corrected chi connectivity index (χ1v) is 11.5. The molecule has 0 aliphatic rings. The van der Waals surface area contributed by atoms with Gasteiger partial charge in [0.2, 0.25) is 5.91 Å². The Balaban J connectivity index is 1.58. The van der Waals surface area contributed by atoms with E-state index in [1.54, 1.807) is 29.6 Å². The highest BCUT2D eigenvalue weighted by Gasteiger charge is 2.16. The minimum atomic E-state index is -3.68. The van der Waals surface area contributed by atoms with E-state index in [0.717, 1.165) is 22.4 Å². The summed E-state index contributed by atoms with van der Waals surface area (Å²) in [5, 5.41) is 4.97. The summed E-state index contributed by atoms with van der Waals surface area (Å²) in [6.45, 7) is 5.87. The van der Waals surface area contributed by atoms with Gasteiger partial charge in [-0.15, -0.1) is 11.3 Å². The number of amides is 1. The van der Waals surface area contributed by atoms with Crippen molar-refractivity contribution in [1.29, 1.82) is 0 Å². The molecule has 0 aliphatic carbocycles. The van der Waals surface area contributed by atoms with Crippen molar-refractivity contribution >= 4 is 38.1 Å². The lowest BCUT2D eigenvalue weighted by atomic mass is 10.1. The lowest BCUT2D eigenvalue weighted by molar-refractivity contribution is -0.116. The van der Waals surface area contributed by atoms with Gasteiger partial charge in [-0.05, 0) is 56.5 Å². The molecule has 0 aliphatic heterocycles. The second kappa shape index (κ2) is 8.75. The number of aromatic nitrogens is 1. The molecule has 0 atom stereocenters. The van der Waals surface area contributed by atoms with Crippen LogP contribution in [0.3, 0.4) is 0 Å². The lowest BCUT2D eigenvalue weighted by Crippen LogP contribution is -2.14. The maximum atomic E-state index is 12.4. The first kappa shape index (κ1) is 21.0. The number of thiazole rings is 1. The Morgan fingerprint density at radius 2 is 1.79 bits per heavy atom. The zero-order chi connectivity index (χ0) is 21.0. The molecule has 0 saturated carbocycles. The molecule has 3 rings (SSSR count). The summed E-state index contributed by atoms with van der Waals surface area (Å²) >= 11 is 1.20. The van der Waals surface area contributed by atoms with Crippen LogP contribution in [0, 0.1) is 20.8 Å². The molecule has 0 spiro atoms. The van der Waals surface area contributed by atoms with Gasteiger partial charge in [0.05, 0.1) is 10.6 Å². The van der Waals surface area contributed by atoms with Crippen LogP contribution >= 0.6 is 11.3 Å². The number of carbonyl (C=O) groups is 1. The average Bonchev–Trinajstić information content (AvgIpc) is 3.11. The molecule has 3 aromatic rings. The number of hydrogen-bond donors (Lipinski definition) is 2. The number of carbonyl (C=O) groups excluding carboxylic acids is 1. The van der Waals surface area contributed by atoms with Gasteiger partial charge in [0.15, 0.2) is 5.13 Å². The van der Waals surface area contributed by atoms with Crippen LogP contribution in [0.2, 0.25) is 0 Å². The van der Waals surface area contributed by atoms with Crippen molar-refractivity contribution in [3.63, 3.8) is 0 Å². The summed E-state index contributed by atoms with van der Waals surface area (Å²) in [6.07, 6.45) is 0.695. The molecule has 152 valence electrons. The normalized spacial score (nSPS) is 11.3. The number of benzene rings is 2. The minimum Gasteiger partial charge on any atom is -0.326 e. The van der Waals surface area contributed by atoms with E-state index >= 15 is 0 Å². The number of nitrogens with zero attached hydrogens (tertiary/aromatic N) is 1. The Bertz CT molecular complexity index is 1120. The number of anilines is 2. The minimum absolute atomic E-state index is 0.103. The van der Waals surface area contributed by atoms with Crippen molar-refractivity contribution in [3.8, 4) is 0 Å². The highest BCUT2D eigenvalue weighted by Crippen LogP contribution is 2.22. The van der Waals surface area contributed by atoms with Gasteiger partial charge in [-0.3, -0.25) is 9.52 Å². The molecule has 0 unspecified atom stereocenters. The van der Waals surface area contributed by atoms with E-state index in [2.05, 4.69) is 15.0 Å². The molecule has 29 heavy (non-hydrogen) atoms. The predicted molar refractivity (Wildman–Crippen MR) is 117 cm³/mol. The fourth-order valence-corrected chi connectivity index (χ4v) is 4.70. The van der Waals surface area contributed by atoms with Crippen molar-refractivity contribution in [1.82, 2.24) is 4.98 Å². The maximum absolute atomic E-state index is 12.4. The van der Waals surface area contributed by atoms with Crippen LogP contribution in [0.5, 0.6) is 0 Å². The van der Waals surface area contributed by atoms with Crippen LogP contribution in [-0.4, -0.2) is 19.3 Å². The van der Waals surface area contributed by atoms with Gasteiger partial charge >= 0.3 is 0 Å². The van der Waals surface area contributed by atoms with Crippen molar-refractivity contribution in [2.45, 2.75) is 38.5 Å². The van der Waals surface area contributed by atoms with Crippen LogP contribution in [0.15, 0.2) is 52.7 Å². The fraction of sp³-hybridized carbons (Fsp3) is 0.238. The molecule has 1 heterocycles. The molecule has 0 radical (unpaired) electrons. The molecule has 8 heteroatoms. The third-order valence-corrected chi connectivity index (χ3v) is 6.88. The van der Waals surface area contributed by atoms with Crippen LogP contribution in [0.4, 0.5) is 10.8 Å². The molecule has 0 saturated heterocycles. The van der Waals surface area contributed by atoms with Gasteiger partial charge in [0, 0.05) is 17.5 Å². The van der Waals surface area contributed by atoms with E-state index in [1.807, 2.05) is 39.0 Å². The van der Waals surface area contributed by atoms with Crippen LogP contribution in [0.25, 0.3) is 0 Å². The molecule has 6 nitrogen and oxygen atoms in total. The van der Waals surface area contributed by atoms with Crippen LogP contribution < -0.4 is 10.0 Å². The lowest BCUT2D eigenvalue weighted by Gasteiger charge is -2.09. The zero-order valence-corrected chi connectivity index (χ0v) is 18.2. The Kier molecular flexibility index (Phi) is 6.34. The SMILES string of the molecule is Cc1ccc(S(=O)(=O)Nc2nc(CCC(=O)Nc3cccc(C)c3C)cs2)cc1. The second-order valence-corrected chi connectivity index (χ2v) is 9.40. The molecule has 2 N–H and O–H groups in total. The highest BCUT2D eigenvalue weighted by atomic mass is 32.2. The van der Waals surface area contributed by atoms with Crippen LogP contribution in [-0.2, 0) is 21.2 Å². The van der Waals surface area contributed by atoms with Gasteiger partial charge in [0.1, 0.15) is 0 Å². The van der Waals surface area contributed by atoms with E-state index in [9.17, 15) is 13.2 Å². The number of aryl methyl sites for hydroxylation is 3. The Labute approximate surface area is 175 Å². The van der Waals surface area contributed by atoms with E-state index < -0.39 is 10.0 Å². The summed E-state index contributed by atoms with van der Waals surface area (Å²) < 4.78 is 27.4. The third kappa shape index (κ3) is 5.42. The van der Waals surface area contributed by atoms with Crippen molar-refractivity contribution < 1.29 is 13.2 Å². The van der Waals surface area contributed by atoms with E-state index in [4.69, 9.17) is 0 Å². The van der Waals surface area contributed by atoms with Crippen molar-refractivity contribution in [3.05, 3.63) is 70.2 Å². The van der Waals surface area contributed by atoms with Gasteiger partial charge in [-0.1, -0.05) is 29.8 Å². The number of sulfonamides is 1. The Hall–Kier alpha value is -2.71. The van der Waals surface area contributed by atoms with E-state index in [0.29, 0.717) is 12.1 Å². The maximum Gasteiger partial charge on any atom is 0.263 e. The Morgan fingerprint density at radius 3 is 2.52 bits per heavy atom. The molecular weight excluding hydrogens is 406 g/mol. The van der Waals surface area contributed by atoms with Gasteiger partial charge in [-0.2, -0.15) is 0 Å². The van der Waals surface area contributed by atoms with Gasteiger partial charge in [-0.25, -0.2) is 13.4 Å². The quantitative estimate of drug-likeness (QED) is 0.581. The first-order chi connectivity index (χ1) is 13.7. The number of hydrogen-bond acceptors (Lipinski definition) is 5. The summed E-state index contributed by atoms with van der Waals surface area (Å²) in [6, 6.07) is 12.4. The Morgan fingerprint density at radius 1 is 1.07 bits per heavy atom. The smallest absolute Gasteiger partial charge is 0.263 e. The van der Waals surface area contributed by atoms with Crippen LogP contribution in [0.1, 0.15) is 28.8 Å². The molecule has 0 fully saturated rings. The second-order valence-electron chi connectivity index (χ2n) is 6.86. The van der Waals surface area contributed by atoms with E-state index in [-0.39, 0.29) is 22.4 Å². The number of nitrogens with one attached hydrogen (secondary N) is 2. The molecular formula is C21H23N3O3S2. The molecule has 0 bridgehead atoms. The van der Waals surface area contributed by atoms with Crippen molar-refractivity contribution in [2.24, 2.45) is 0 Å². The van der Waals surface area contributed by atoms with Crippen molar-refractivity contribution in [2.75, 3.05) is 10.0 Å². The summed E-state index contributed by atoms with van der Waals surface area (Å²) in [7, 11) is -3.68. The molecule has 1 aromatic heterocycles. The van der Waals surface area contributed by atoms with Gasteiger partial charge in [0.25, 0.3) is 10.0 Å². The molecule has 1 amide bonds. The van der Waals surface area contributed by atoms with Gasteiger partial charge < -0.3 is 5.32 Å². The first-order valence-electron chi connectivity index (χ1n) is 9.14. The summed E-state index contributed by atoms with van der Waals surface area (Å²) in [5.41, 5.74) is 4.63. The molecule has 2 aromatic carbocycles. The summed E-state index contributed by atoms with van der Waals surface area (Å²) in [4.78, 5) is 16.7. The standard InChI is InChI=1S/C21H23N3O3S2/c1-14-7-10-18(11-8-14)29(26,27)24-21-22-17(13-28-21)9-12-20(25)23-19-6-4-5-15(2)16(19)3/h4-8,10-11,13H,9,12H2,1-3H3,(H,22,24)(H,23,25). The monoisotopic (exact) mass is 429 g/mol. The predicted octanol–water partition coefficient (Wildman–Crippen LogP) is 4.44. The largest absolute Gasteiger partial charge is 0.326 e. The average molecular weight is 430 g/mol. The topological polar surface area (TPSA) is 88.2 Å². The zero-order valence-electron chi connectivity index (χ0n) is 16.5. The van der Waals surface area contributed by atoms with E-state index in [1.165, 1.54) is 11.3 Å². The third-order valence-electron chi connectivity index (χ3n) is 4.59. The fourth-order valence-electron chi connectivity index (χ4n) is 2.70.